The van der Waals surface area contributed by atoms with Crippen LogP contribution in [0.1, 0.15) is 11.6 Å². The number of nitrogens with one attached hydrogen (secondary N) is 3. The van der Waals surface area contributed by atoms with Crippen LogP contribution >= 0.6 is 0 Å². The lowest BCUT2D eigenvalue weighted by molar-refractivity contribution is -0.120. The summed E-state index contributed by atoms with van der Waals surface area (Å²) in [5.74, 6) is -0.869. The zero-order valence-electron chi connectivity index (χ0n) is 12.0. The van der Waals surface area contributed by atoms with Crippen molar-refractivity contribution >= 4 is 17.6 Å². The minimum Gasteiger partial charge on any atom is -0.370 e. The lowest BCUT2D eigenvalue weighted by Crippen LogP contribution is -2.42. The van der Waals surface area contributed by atoms with Crippen LogP contribution in [-0.2, 0) is 4.79 Å². The third-order valence-electron chi connectivity index (χ3n) is 3.01. The van der Waals surface area contributed by atoms with Crippen molar-refractivity contribution in [1.82, 2.24) is 10.6 Å². The summed E-state index contributed by atoms with van der Waals surface area (Å²) in [5, 5.41) is 7.55. The van der Waals surface area contributed by atoms with Crippen molar-refractivity contribution in [1.29, 1.82) is 0 Å². The van der Waals surface area contributed by atoms with E-state index >= 15 is 0 Å². The van der Waals surface area contributed by atoms with E-state index in [0.29, 0.717) is 11.3 Å². The van der Waals surface area contributed by atoms with E-state index in [0.717, 1.165) is 0 Å². The molecule has 0 bridgehead atoms. The fraction of sp³-hybridized carbons (Fsp3) is 0.125. The molecule has 3 N–H and O–H groups in total. The molecule has 0 spiro atoms. The highest BCUT2D eigenvalue weighted by atomic mass is 19.1. The maximum absolute atomic E-state index is 13.0. The fourth-order valence-electron chi connectivity index (χ4n) is 1.91. The maximum Gasteiger partial charge on any atom is 0.321 e. The van der Waals surface area contributed by atoms with E-state index in [9.17, 15) is 14.0 Å². The number of carbonyl (C=O) groups excluding carboxylic acids is 2. The highest BCUT2D eigenvalue weighted by Gasteiger charge is 2.21. The number of rotatable bonds is 4. The van der Waals surface area contributed by atoms with Crippen molar-refractivity contribution in [2.45, 2.75) is 6.04 Å². The van der Waals surface area contributed by atoms with E-state index < -0.39 is 18.0 Å². The second-order valence-corrected chi connectivity index (χ2v) is 4.56. The first-order valence-corrected chi connectivity index (χ1v) is 6.70. The van der Waals surface area contributed by atoms with E-state index in [1.807, 2.05) is 6.07 Å². The molecule has 0 aromatic heterocycles. The Balaban J connectivity index is 2.23. The largest absolute Gasteiger partial charge is 0.370 e. The second kappa shape index (κ2) is 7.21. The molecule has 0 fully saturated rings. The molecular formula is C16H16FN3O2. The first kappa shape index (κ1) is 15.5. The Morgan fingerprint density at radius 3 is 2.23 bits per heavy atom. The van der Waals surface area contributed by atoms with Gasteiger partial charge in [-0.2, -0.15) is 0 Å². The lowest BCUT2D eigenvalue weighted by Gasteiger charge is -2.19. The number of amides is 3. The molecule has 0 saturated carbocycles. The van der Waals surface area contributed by atoms with Crippen LogP contribution in [0, 0.1) is 5.82 Å². The van der Waals surface area contributed by atoms with Crippen molar-refractivity contribution in [3.63, 3.8) is 0 Å². The average Bonchev–Trinajstić information content (AvgIpc) is 2.54. The SMILES string of the molecule is CNC(=O)NC(=O)[C@@H](Nc1ccc(F)cc1)c1ccccc1. The Morgan fingerprint density at radius 1 is 1.00 bits per heavy atom. The molecule has 2 rings (SSSR count). The summed E-state index contributed by atoms with van der Waals surface area (Å²) >= 11 is 0. The molecule has 0 aliphatic carbocycles. The molecule has 0 radical (unpaired) electrons. The van der Waals surface area contributed by atoms with Gasteiger partial charge in [0.2, 0.25) is 0 Å². The van der Waals surface area contributed by atoms with Gasteiger partial charge < -0.3 is 10.6 Å². The van der Waals surface area contributed by atoms with Gasteiger partial charge in [0.1, 0.15) is 11.9 Å². The van der Waals surface area contributed by atoms with Gasteiger partial charge in [-0.15, -0.1) is 0 Å². The molecule has 5 nitrogen and oxygen atoms in total. The van der Waals surface area contributed by atoms with Gasteiger partial charge in [0.05, 0.1) is 0 Å². The summed E-state index contributed by atoms with van der Waals surface area (Å²) in [6, 6.07) is 13.2. The fourth-order valence-corrected chi connectivity index (χ4v) is 1.91. The average molecular weight is 301 g/mol. The van der Waals surface area contributed by atoms with Crippen molar-refractivity contribution in [2.24, 2.45) is 0 Å². The molecule has 2 aromatic carbocycles. The number of hydrogen-bond acceptors (Lipinski definition) is 3. The molecule has 1 atom stereocenters. The summed E-state index contributed by atoms with van der Waals surface area (Å²) in [4.78, 5) is 23.6. The number of anilines is 1. The summed E-state index contributed by atoms with van der Waals surface area (Å²) in [6.07, 6.45) is 0. The molecule has 0 unspecified atom stereocenters. The van der Waals surface area contributed by atoms with E-state index in [1.54, 1.807) is 24.3 Å². The zero-order valence-corrected chi connectivity index (χ0v) is 12.0. The predicted molar refractivity (Wildman–Crippen MR) is 81.8 cm³/mol. The summed E-state index contributed by atoms with van der Waals surface area (Å²) in [6.45, 7) is 0. The number of urea groups is 1. The van der Waals surface area contributed by atoms with Crippen LogP contribution < -0.4 is 16.0 Å². The first-order valence-electron chi connectivity index (χ1n) is 6.70. The molecule has 0 saturated heterocycles. The van der Waals surface area contributed by atoms with E-state index in [4.69, 9.17) is 0 Å². The van der Waals surface area contributed by atoms with Crippen LogP contribution in [0.15, 0.2) is 54.6 Å². The normalized spacial score (nSPS) is 11.4. The van der Waals surface area contributed by atoms with Gasteiger partial charge in [-0.1, -0.05) is 30.3 Å². The van der Waals surface area contributed by atoms with Gasteiger partial charge in [0, 0.05) is 12.7 Å². The Hall–Kier alpha value is -2.89. The number of benzene rings is 2. The predicted octanol–water partition coefficient (Wildman–Crippen LogP) is 2.43. The Morgan fingerprint density at radius 2 is 1.64 bits per heavy atom. The van der Waals surface area contributed by atoms with E-state index in [1.165, 1.54) is 31.3 Å². The third kappa shape index (κ3) is 4.05. The van der Waals surface area contributed by atoms with Crippen molar-refractivity contribution < 1.29 is 14.0 Å². The maximum atomic E-state index is 13.0. The van der Waals surface area contributed by atoms with Crippen LogP contribution in [0.4, 0.5) is 14.9 Å². The second-order valence-electron chi connectivity index (χ2n) is 4.56. The number of carbonyl (C=O) groups is 2. The van der Waals surface area contributed by atoms with E-state index in [2.05, 4.69) is 16.0 Å². The quantitative estimate of drug-likeness (QED) is 0.812. The van der Waals surface area contributed by atoms with Crippen LogP contribution in [0.25, 0.3) is 0 Å². The van der Waals surface area contributed by atoms with Gasteiger partial charge in [0.15, 0.2) is 0 Å². The van der Waals surface area contributed by atoms with Crippen molar-refractivity contribution in [3.8, 4) is 0 Å². The Bertz CT molecular complexity index is 644. The van der Waals surface area contributed by atoms with Crippen molar-refractivity contribution in [2.75, 3.05) is 12.4 Å². The smallest absolute Gasteiger partial charge is 0.321 e. The van der Waals surface area contributed by atoms with E-state index in [-0.39, 0.29) is 5.82 Å². The molecule has 6 heteroatoms. The van der Waals surface area contributed by atoms with Crippen molar-refractivity contribution in [3.05, 3.63) is 66.0 Å². The highest BCUT2D eigenvalue weighted by Crippen LogP contribution is 2.20. The van der Waals surface area contributed by atoms with Crippen LogP contribution in [0.5, 0.6) is 0 Å². The molecule has 114 valence electrons. The molecule has 3 amide bonds. The molecule has 0 heterocycles. The van der Waals surface area contributed by atoms with Gasteiger partial charge in [-0.3, -0.25) is 10.1 Å². The van der Waals surface area contributed by atoms with Gasteiger partial charge >= 0.3 is 6.03 Å². The molecule has 0 aliphatic heterocycles. The van der Waals surface area contributed by atoms with Crippen LogP contribution in [0.3, 0.4) is 0 Å². The van der Waals surface area contributed by atoms with Gasteiger partial charge in [-0.05, 0) is 29.8 Å². The molecular weight excluding hydrogens is 285 g/mol. The van der Waals surface area contributed by atoms with Gasteiger partial charge in [0.25, 0.3) is 5.91 Å². The number of hydrogen-bond donors (Lipinski definition) is 3. The number of halogens is 1. The molecule has 0 aliphatic rings. The third-order valence-corrected chi connectivity index (χ3v) is 3.01. The Kier molecular flexibility index (Phi) is 5.08. The summed E-state index contributed by atoms with van der Waals surface area (Å²) in [5.41, 5.74) is 1.26. The highest BCUT2D eigenvalue weighted by molar-refractivity contribution is 5.98. The molecule has 22 heavy (non-hydrogen) atoms. The molecule has 2 aromatic rings. The number of imide groups is 1. The van der Waals surface area contributed by atoms with Gasteiger partial charge in [-0.25, -0.2) is 9.18 Å². The summed E-state index contributed by atoms with van der Waals surface area (Å²) in [7, 11) is 1.42. The zero-order chi connectivity index (χ0) is 15.9. The Labute approximate surface area is 127 Å². The minimum atomic E-state index is -0.774. The minimum absolute atomic E-state index is 0.364. The lowest BCUT2D eigenvalue weighted by atomic mass is 10.1. The van der Waals surface area contributed by atoms with Crippen LogP contribution in [-0.4, -0.2) is 19.0 Å². The standard InChI is InChI=1S/C16H16FN3O2/c1-18-16(22)20-15(21)14(11-5-3-2-4-6-11)19-13-9-7-12(17)8-10-13/h2-10,14,19H,1H3,(H2,18,20,21,22)/t14-/m0/s1. The summed E-state index contributed by atoms with van der Waals surface area (Å²) < 4.78 is 13.0. The monoisotopic (exact) mass is 301 g/mol. The topological polar surface area (TPSA) is 70.2 Å². The van der Waals surface area contributed by atoms with Crippen LogP contribution in [0.2, 0.25) is 0 Å². The first-order chi connectivity index (χ1) is 10.6.